The van der Waals surface area contributed by atoms with Crippen LogP contribution in [0, 0.1) is 5.82 Å². The van der Waals surface area contributed by atoms with Crippen molar-refractivity contribution in [3.05, 3.63) is 48.3 Å². The van der Waals surface area contributed by atoms with E-state index < -0.39 is 11.4 Å². The molecule has 6 nitrogen and oxygen atoms in total. The third kappa shape index (κ3) is 2.89. The van der Waals surface area contributed by atoms with Gasteiger partial charge in [-0.3, -0.25) is 4.79 Å². The molecular weight excluding hydrogens is 325 g/mol. The molecule has 2 saturated heterocycles. The monoisotopic (exact) mass is 343 g/mol. The van der Waals surface area contributed by atoms with Gasteiger partial charge < -0.3 is 14.4 Å². The van der Waals surface area contributed by atoms with Crippen molar-refractivity contribution in [2.75, 3.05) is 33.0 Å². The minimum absolute atomic E-state index is 0.0637. The summed E-state index contributed by atoms with van der Waals surface area (Å²) in [5, 5.41) is 0. The minimum atomic E-state index is -0.549. The van der Waals surface area contributed by atoms with E-state index >= 15 is 0 Å². The predicted molar refractivity (Wildman–Crippen MR) is 87.4 cm³/mol. The molecule has 2 aliphatic heterocycles. The number of aromatic nitrogens is 2. The van der Waals surface area contributed by atoms with E-state index in [4.69, 9.17) is 9.47 Å². The van der Waals surface area contributed by atoms with Gasteiger partial charge in [0, 0.05) is 31.1 Å². The van der Waals surface area contributed by atoms with E-state index in [1.807, 2.05) is 0 Å². The second-order valence-corrected chi connectivity index (χ2v) is 6.36. The Bertz CT molecular complexity index is 778. The van der Waals surface area contributed by atoms with Gasteiger partial charge in [0.15, 0.2) is 0 Å². The van der Waals surface area contributed by atoms with E-state index in [-0.39, 0.29) is 11.5 Å². The Balaban J connectivity index is 1.64. The van der Waals surface area contributed by atoms with Crippen molar-refractivity contribution < 1.29 is 18.7 Å². The number of carbonyl (C=O) groups excluding carboxylic acids is 1. The van der Waals surface area contributed by atoms with Gasteiger partial charge in [0.05, 0.1) is 30.9 Å². The van der Waals surface area contributed by atoms with Crippen molar-refractivity contribution in [1.82, 2.24) is 14.9 Å². The Morgan fingerprint density at radius 3 is 2.60 bits per heavy atom. The normalized spacial score (nSPS) is 23.2. The van der Waals surface area contributed by atoms with Crippen molar-refractivity contribution in [3.63, 3.8) is 0 Å². The molecule has 0 N–H and O–H groups in total. The molecule has 0 saturated carbocycles. The van der Waals surface area contributed by atoms with Gasteiger partial charge in [-0.1, -0.05) is 6.07 Å². The smallest absolute Gasteiger partial charge is 0.257 e. The highest BCUT2D eigenvalue weighted by Crippen LogP contribution is 2.31. The van der Waals surface area contributed by atoms with Gasteiger partial charge in [-0.25, -0.2) is 14.4 Å². The third-order valence-electron chi connectivity index (χ3n) is 4.82. The molecule has 0 radical (unpaired) electrons. The van der Waals surface area contributed by atoms with Crippen LogP contribution >= 0.6 is 0 Å². The van der Waals surface area contributed by atoms with Crippen molar-refractivity contribution in [2.45, 2.75) is 12.0 Å². The van der Waals surface area contributed by atoms with E-state index in [0.717, 1.165) is 0 Å². The van der Waals surface area contributed by atoms with Crippen LogP contribution in [-0.4, -0.2) is 59.3 Å². The molecule has 130 valence electrons. The number of benzene rings is 1. The second-order valence-electron chi connectivity index (χ2n) is 6.36. The van der Waals surface area contributed by atoms with E-state index in [0.29, 0.717) is 50.5 Å². The van der Waals surface area contributed by atoms with Crippen LogP contribution < -0.4 is 0 Å². The van der Waals surface area contributed by atoms with Crippen molar-refractivity contribution >= 4 is 5.91 Å². The Labute approximate surface area is 144 Å². The molecule has 1 aromatic heterocycles. The van der Waals surface area contributed by atoms with Gasteiger partial charge in [-0.2, -0.15) is 0 Å². The largest absolute Gasteiger partial charge is 0.379 e. The Hall–Kier alpha value is -2.38. The third-order valence-corrected chi connectivity index (χ3v) is 4.82. The van der Waals surface area contributed by atoms with E-state index in [9.17, 15) is 9.18 Å². The molecule has 3 heterocycles. The zero-order valence-corrected chi connectivity index (χ0v) is 13.7. The lowest BCUT2D eigenvalue weighted by molar-refractivity contribution is -0.0552. The molecule has 2 aromatic rings. The van der Waals surface area contributed by atoms with Crippen LogP contribution in [0.15, 0.2) is 36.9 Å². The first-order chi connectivity index (χ1) is 12.2. The number of carbonyl (C=O) groups is 1. The lowest BCUT2D eigenvalue weighted by atomic mass is 9.94. The molecule has 25 heavy (non-hydrogen) atoms. The molecule has 1 atom stereocenters. The summed E-state index contributed by atoms with van der Waals surface area (Å²) in [5.41, 5.74) is 0.921. The number of morpholine rings is 1. The van der Waals surface area contributed by atoms with Gasteiger partial charge in [0.1, 0.15) is 12.1 Å². The summed E-state index contributed by atoms with van der Waals surface area (Å²) >= 11 is 0. The first-order valence-corrected chi connectivity index (χ1v) is 8.22. The van der Waals surface area contributed by atoms with Gasteiger partial charge in [-0.05, 0) is 24.1 Å². The fourth-order valence-electron chi connectivity index (χ4n) is 3.43. The topological polar surface area (TPSA) is 64.6 Å². The van der Waals surface area contributed by atoms with Crippen LogP contribution in [-0.2, 0) is 9.47 Å². The summed E-state index contributed by atoms with van der Waals surface area (Å²) in [4.78, 5) is 22.6. The fraction of sp³-hybridized carbons (Fsp3) is 0.389. The number of hydrogen-bond donors (Lipinski definition) is 0. The lowest BCUT2D eigenvalue weighted by Crippen LogP contribution is -2.59. The van der Waals surface area contributed by atoms with Crippen molar-refractivity contribution in [2.24, 2.45) is 0 Å². The maximum absolute atomic E-state index is 14.7. The molecule has 1 amide bonds. The van der Waals surface area contributed by atoms with E-state index in [1.54, 1.807) is 23.4 Å². The number of amides is 1. The van der Waals surface area contributed by atoms with E-state index in [1.165, 1.54) is 18.5 Å². The summed E-state index contributed by atoms with van der Waals surface area (Å²) < 4.78 is 25.7. The van der Waals surface area contributed by atoms with Crippen LogP contribution in [0.4, 0.5) is 4.39 Å². The van der Waals surface area contributed by atoms with Crippen LogP contribution in [0.1, 0.15) is 16.8 Å². The quantitative estimate of drug-likeness (QED) is 0.833. The Kier molecular flexibility index (Phi) is 4.19. The average Bonchev–Trinajstić information content (AvgIpc) is 3.11. The number of hydrogen-bond acceptors (Lipinski definition) is 5. The molecule has 1 aromatic carbocycles. The summed E-state index contributed by atoms with van der Waals surface area (Å²) in [6.07, 6.45) is 5.34. The van der Waals surface area contributed by atoms with Crippen LogP contribution in [0.3, 0.4) is 0 Å². The zero-order valence-electron chi connectivity index (χ0n) is 13.7. The molecule has 2 aliphatic rings. The van der Waals surface area contributed by atoms with Crippen LogP contribution in [0.25, 0.3) is 11.1 Å². The summed E-state index contributed by atoms with van der Waals surface area (Å²) in [5.74, 6) is -0.867. The highest BCUT2D eigenvalue weighted by Gasteiger charge is 2.46. The standard InChI is InChI=1S/C18H18FN3O3/c19-16-7-13(14-8-20-12-21-9-14)1-2-15(16)17(23)22-4-6-25-11-18(22)3-5-24-10-18/h1-2,7-9,12H,3-6,10-11H2. The Morgan fingerprint density at radius 2 is 1.88 bits per heavy atom. The molecule has 1 unspecified atom stereocenters. The van der Waals surface area contributed by atoms with Crippen LogP contribution in [0.5, 0.6) is 0 Å². The van der Waals surface area contributed by atoms with Gasteiger partial charge in [-0.15, -0.1) is 0 Å². The van der Waals surface area contributed by atoms with Gasteiger partial charge in [0.2, 0.25) is 0 Å². The Morgan fingerprint density at radius 1 is 1.12 bits per heavy atom. The van der Waals surface area contributed by atoms with Crippen molar-refractivity contribution in [3.8, 4) is 11.1 Å². The molecule has 7 heteroatoms. The molecule has 0 aliphatic carbocycles. The van der Waals surface area contributed by atoms with Crippen molar-refractivity contribution in [1.29, 1.82) is 0 Å². The number of rotatable bonds is 2. The summed E-state index contributed by atoms with van der Waals surface area (Å²) in [7, 11) is 0. The maximum Gasteiger partial charge on any atom is 0.257 e. The van der Waals surface area contributed by atoms with Gasteiger partial charge in [0.25, 0.3) is 5.91 Å². The number of halogens is 1. The fourth-order valence-corrected chi connectivity index (χ4v) is 3.43. The minimum Gasteiger partial charge on any atom is -0.379 e. The zero-order chi connectivity index (χ0) is 17.3. The second kappa shape index (κ2) is 6.50. The highest BCUT2D eigenvalue weighted by molar-refractivity contribution is 5.95. The average molecular weight is 343 g/mol. The summed E-state index contributed by atoms with van der Waals surface area (Å²) in [6, 6.07) is 4.59. The summed E-state index contributed by atoms with van der Waals surface area (Å²) in [6.45, 7) is 2.34. The first kappa shape index (κ1) is 16.1. The predicted octanol–water partition coefficient (Wildman–Crippen LogP) is 1.91. The number of ether oxygens (including phenoxy) is 2. The SMILES string of the molecule is O=C(c1ccc(-c2cncnc2)cc1F)N1CCOCC12CCOC2. The first-order valence-electron chi connectivity index (χ1n) is 8.22. The van der Waals surface area contributed by atoms with Crippen LogP contribution in [0.2, 0.25) is 0 Å². The maximum atomic E-state index is 14.7. The highest BCUT2D eigenvalue weighted by atomic mass is 19.1. The molecule has 2 fully saturated rings. The van der Waals surface area contributed by atoms with E-state index in [2.05, 4.69) is 9.97 Å². The molecule has 0 bridgehead atoms. The molecular formula is C18H18FN3O3. The number of nitrogens with zero attached hydrogens (tertiary/aromatic N) is 3. The van der Waals surface area contributed by atoms with Gasteiger partial charge >= 0.3 is 0 Å². The molecule has 1 spiro atoms. The lowest BCUT2D eigenvalue weighted by Gasteiger charge is -2.43. The molecule has 4 rings (SSSR count).